The summed E-state index contributed by atoms with van der Waals surface area (Å²) in [5.74, 6) is 0.464. The van der Waals surface area contributed by atoms with Crippen LogP contribution in [0.2, 0.25) is 5.02 Å². The lowest BCUT2D eigenvalue weighted by atomic mass is 10.0. The van der Waals surface area contributed by atoms with E-state index in [9.17, 15) is 9.59 Å². The maximum atomic E-state index is 13.4. The summed E-state index contributed by atoms with van der Waals surface area (Å²) in [6, 6.07) is 11.1. The molecule has 0 bridgehead atoms. The number of nitrogens with zero attached hydrogens (tertiary/aromatic N) is 4. The first-order valence-corrected chi connectivity index (χ1v) is 11.6. The van der Waals surface area contributed by atoms with Crippen LogP contribution < -0.4 is 11.2 Å². The highest BCUT2D eigenvalue weighted by atomic mass is 35.5. The molecule has 4 heterocycles. The van der Waals surface area contributed by atoms with Crippen molar-refractivity contribution in [3.05, 3.63) is 92.6 Å². The zero-order valence-corrected chi connectivity index (χ0v) is 18.7. The zero-order chi connectivity index (χ0) is 22.5. The molecule has 162 valence electrons. The minimum atomic E-state index is -0.496. The number of nitrogens with one attached hydrogen (secondary N) is 1. The van der Waals surface area contributed by atoms with E-state index in [1.807, 2.05) is 24.3 Å². The second-order valence-corrected chi connectivity index (χ2v) is 9.43. The molecule has 4 aromatic heterocycles. The minimum Gasteiger partial charge on any atom is -0.306 e. The molecule has 1 aromatic carbocycles. The van der Waals surface area contributed by atoms with Crippen LogP contribution in [0.25, 0.3) is 37.5 Å². The molecule has 0 unspecified atom stereocenters. The summed E-state index contributed by atoms with van der Waals surface area (Å²) in [4.78, 5) is 34.2. The van der Waals surface area contributed by atoms with Gasteiger partial charge in [-0.1, -0.05) is 23.7 Å². The van der Waals surface area contributed by atoms with Gasteiger partial charge in [-0.15, -0.1) is 11.3 Å². The van der Waals surface area contributed by atoms with E-state index in [2.05, 4.69) is 20.2 Å². The van der Waals surface area contributed by atoms with E-state index in [0.717, 1.165) is 44.5 Å². The van der Waals surface area contributed by atoms with Gasteiger partial charge in [-0.25, -0.2) is 9.36 Å². The fourth-order valence-corrected chi connectivity index (χ4v) is 5.49. The highest BCUT2D eigenvalue weighted by Crippen LogP contribution is 2.42. The van der Waals surface area contributed by atoms with Crippen molar-refractivity contribution in [3.63, 3.8) is 0 Å². The van der Waals surface area contributed by atoms with Crippen LogP contribution >= 0.6 is 22.9 Å². The third kappa shape index (κ3) is 3.48. The maximum Gasteiger partial charge on any atom is 0.333 e. The van der Waals surface area contributed by atoms with Crippen LogP contribution in [0, 0.1) is 0 Å². The molecule has 9 heteroatoms. The fourth-order valence-electron chi connectivity index (χ4n) is 4.04. The number of hydrogen-bond acceptors (Lipinski definition) is 6. The molecule has 0 amide bonds. The molecule has 1 aliphatic carbocycles. The van der Waals surface area contributed by atoms with Gasteiger partial charge in [0.2, 0.25) is 0 Å². The first kappa shape index (κ1) is 20.0. The van der Waals surface area contributed by atoms with Crippen molar-refractivity contribution in [2.45, 2.75) is 18.8 Å². The van der Waals surface area contributed by atoms with Gasteiger partial charge in [0.25, 0.3) is 5.56 Å². The van der Waals surface area contributed by atoms with Crippen molar-refractivity contribution in [2.24, 2.45) is 0 Å². The predicted octanol–water partition coefficient (Wildman–Crippen LogP) is 4.79. The van der Waals surface area contributed by atoms with E-state index in [-0.39, 0.29) is 5.56 Å². The molecule has 0 aliphatic heterocycles. The largest absolute Gasteiger partial charge is 0.333 e. The third-order valence-electron chi connectivity index (χ3n) is 5.78. The van der Waals surface area contributed by atoms with E-state index in [1.54, 1.807) is 36.9 Å². The van der Waals surface area contributed by atoms with E-state index < -0.39 is 5.69 Å². The maximum absolute atomic E-state index is 13.4. The van der Waals surface area contributed by atoms with E-state index in [1.165, 1.54) is 11.3 Å². The van der Waals surface area contributed by atoms with Crippen LogP contribution in [0.5, 0.6) is 0 Å². The second-order valence-electron chi connectivity index (χ2n) is 7.97. The molecule has 1 aliphatic rings. The van der Waals surface area contributed by atoms with E-state index in [0.29, 0.717) is 26.8 Å². The first-order chi connectivity index (χ1) is 16.1. The number of thiophene rings is 1. The number of rotatable bonds is 4. The second kappa shape index (κ2) is 7.75. The summed E-state index contributed by atoms with van der Waals surface area (Å²) in [5, 5.41) is 8.35. The number of fused-ring (bicyclic) bond motifs is 1. The lowest BCUT2D eigenvalue weighted by Gasteiger charge is -2.09. The molecule has 0 radical (unpaired) electrons. The van der Waals surface area contributed by atoms with E-state index in [4.69, 9.17) is 11.6 Å². The number of aromatic nitrogens is 5. The summed E-state index contributed by atoms with van der Waals surface area (Å²) in [7, 11) is 0. The highest BCUT2D eigenvalue weighted by molar-refractivity contribution is 7.22. The third-order valence-corrected chi connectivity index (χ3v) is 7.24. The Morgan fingerprint density at radius 2 is 1.94 bits per heavy atom. The molecule has 7 nitrogen and oxygen atoms in total. The lowest BCUT2D eigenvalue weighted by molar-refractivity contribution is 0.891. The fraction of sp³-hybridized carbons (Fsp3) is 0.125. The minimum absolute atomic E-state index is 0.376. The predicted molar refractivity (Wildman–Crippen MR) is 129 cm³/mol. The monoisotopic (exact) mass is 473 g/mol. The Hall–Kier alpha value is -3.62. The molecule has 0 atom stereocenters. The zero-order valence-electron chi connectivity index (χ0n) is 17.2. The number of hydrogen-bond donors (Lipinski definition) is 1. The van der Waals surface area contributed by atoms with Crippen LogP contribution in [-0.2, 0) is 0 Å². The Labute approximate surface area is 196 Å². The quantitative estimate of drug-likeness (QED) is 0.405. The SMILES string of the molecule is O=c1[nH]c2cc(-c3c(Cl)cccc3-c3ccnnc3)sc2c(=O)n1-c1cncc(C2CC2)c1. The van der Waals surface area contributed by atoms with Crippen molar-refractivity contribution in [1.29, 1.82) is 0 Å². The molecular formula is C24H16ClN5O2S. The van der Waals surface area contributed by atoms with Crippen LogP contribution in [0.15, 0.2) is 70.8 Å². The molecule has 5 aromatic rings. The Kier molecular flexibility index (Phi) is 4.70. The van der Waals surface area contributed by atoms with Gasteiger partial charge < -0.3 is 4.98 Å². The van der Waals surface area contributed by atoms with Gasteiger partial charge in [-0.05, 0) is 54.2 Å². The first-order valence-electron chi connectivity index (χ1n) is 10.4. The average molecular weight is 474 g/mol. The van der Waals surface area contributed by atoms with Gasteiger partial charge in [0.1, 0.15) is 4.70 Å². The van der Waals surface area contributed by atoms with Gasteiger partial charge >= 0.3 is 5.69 Å². The normalized spacial score (nSPS) is 13.5. The van der Waals surface area contributed by atoms with Gasteiger partial charge in [0.05, 0.1) is 29.8 Å². The molecule has 0 saturated heterocycles. The summed E-state index contributed by atoms with van der Waals surface area (Å²) in [6.45, 7) is 0. The standard InChI is InChI=1S/C24H16ClN5O2S/c25-18-3-1-2-17(14-6-7-27-28-11-14)21(18)20-9-19-22(33-20)23(31)30(24(32)29-19)16-8-15(10-26-12-16)13-4-5-13/h1-3,6-13H,4-5H2,(H,29,32). The number of halogens is 1. The molecule has 33 heavy (non-hydrogen) atoms. The van der Waals surface area contributed by atoms with Gasteiger partial charge in [0, 0.05) is 27.2 Å². The Balaban J connectivity index is 1.55. The van der Waals surface area contributed by atoms with Gasteiger partial charge in [0.15, 0.2) is 0 Å². The van der Waals surface area contributed by atoms with Gasteiger partial charge in [-0.2, -0.15) is 10.2 Å². The Morgan fingerprint density at radius 3 is 2.73 bits per heavy atom. The number of benzene rings is 1. The van der Waals surface area contributed by atoms with Crippen LogP contribution in [0.4, 0.5) is 0 Å². The topological polar surface area (TPSA) is 93.5 Å². The molecule has 1 saturated carbocycles. The number of aromatic amines is 1. The van der Waals surface area contributed by atoms with Crippen LogP contribution in [0.1, 0.15) is 24.3 Å². The molecule has 6 rings (SSSR count). The Bertz CT molecular complexity index is 1640. The van der Waals surface area contributed by atoms with Crippen molar-refractivity contribution in [2.75, 3.05) is 0 Å². The van der Waals surface area contributed by atoms with Crippen LogP contribution in [0.3, 0.4) is 0 Å². The molecule has 0 spiro atoms. The van der Waals surface area contributed by atoms with Crippen molar-refractivity contribution < 1.29 is 0 Å². The number of pyridine rings is 1. The summed E-state index contributed by atoms with van der Waals surface area (Å²) in [5.41, 5.74) is 3.63. The average Bonchev–Trinajstić information content (AvgIpc) is 3.60. The smallest absolute Gasteiger partial charge is 0.306 e. The summed E-state index contributed by atoms with van der Waals surface area (Å²) in [6.07, 6.45) is 8.84. The molecular weight excluding hydrogens is 458 g/mol. The Morgan fingerprint density at radius 1 is 1.06 bits per heavy atom. The van der Waals surface area contributed by atoms with Crippen molar-refractivity contribution in [1.82, 2.24) is 24.7 Å². The molecule has 1 fully saturated rings. The number of H-pyrrole nitrogens is 1. The summed E-state index contributed by atoms with van der Waals surface area (Å²) >= 11 is 7.90. The summed E-state index contributed by atoms with van der Waals surface area (Å²) < 4.78 is 1.60. The highest BCUT2D eigenvalue weighted by Gasteiger charge is 2.25. The van der Waals surface area contributed by atoms with Gasteiger partial charge in [-0.3, -0.25) is 9.78 Å². The van der Waals surface area contributed by atoms with Crippen molar-refractivity contribution >= 4 is 33.2 Å². The van der Waals surface area contributed by atoms with Crippen molar-refractivity contribution in [3.8, 4) is 27.3 Å². The van der Waals surface area contributed by atoms with E-state index >= 15 is 0 Å². The lowest BCUT2D eigenvalue weighted by Crippen LogP contribution is -2.33. The van der Waals surface area contributed by atoms with Crippen LogP contribution in [-0.4, -0.2) is 24.7 Å². The molecule has 1 N–H and O–H groups in total.